The maximum atomic E-state index is 13.7. The first-order chi connectivity index (χ1) is 19.4. The Bertz CT molecular complexity index is 1730. The molecule has 0 saturated carbocycles. The molecule has 41 heavy (non-hydrogen) atoms. The molecule has 0 fully saturated rings. The van der Waals surface area contributed by atoms with Gasteiger partial charge in [-0.05, 0) is 35.9 Å². The molecule has 5 rings (SSSR count). The molecule has 0 atom stereocenters. The van der Waals surface area contributed by atoms with E-state index in [1.807, 2.05) is 0 Å². The Kier molecular flexibility index (Phi) is 6.99. The second-order valence-corrected chi connectivity index (χ2v) is 8.54. The zero-order chi connectivity index (χ0) is 29.4. The molecule has 8 nitrogen and oxygen atoms in total. The highest BCUT2D eigenvalue weighted by Crippen LogP contribution is 2.44. The van der Waals surface area contributed by atoms with Gasteiger partial charge in [-0.25, -0.2) is 14.5 Å². The monoisotopic (exact) mass is 574 g/mol. The number of benzene rings is 2. The fourth-order valence-electron chi connectivity index (χ4n) is 3.94. The maximum Gasteiger partial charge on any atom is 0.420 e. The molecule has 5 aromatic rings. The van der Waals surface area contributed by atoms with Crippen LogP contribution >= 0.6 is 0 Å². The molecule has 3 aromatic heterocycles. The van der Waals surface area contributed by atoms with Gasteiger partial charge in [0.2, 0.25) is 0 Å². The minimum absolute atomic E-state index is 0.112. The average molecular weight is 574 g/mol. The predicted molar refractivity (Wildman–Crippen MR) is 131 cm³/mol. The van der Waals surface area contributed by atoms with Crippen LogP contribution in [0.15, 0.2) is 83.5 Å². The molecule has 0 aliphatic heterocycles. The van der Waals surface area contributed by atoms with Gasteiger partial charge in [-0.3, -0.25) is 4.79 Å². The van der Waals surface area contributed by atoms with Crippen molar-refractivity contribution in [2.45, 2.75) is 19.0 Å². The Balaban J connectivity index is 1.50. The van der Waals surface area contributed by atoms with Gasteiger partial charge in [-0.1, -0.05) is 36.4 Å². The zero-order valence-corrected chi connectivity index (χ0v) is 20.5. The summed E-state index contributed by atoms with van der Waals surface area (Å²) < 4.78 is 92.6. The zero-order valence-electron chi connectivity index (χ0n) is 20.5. The van der Waals surface area contributed by atoms with Crippen LogP contribution in [0, 0.1) is 0 Å². The van der Waals surface area contributed by atoms with Gasteiger partial charge in [0.15, 0.2) is 11.6 Å². The average Bonchev–Trinajstić information content (AvgIpc) is 3.61. The van der Waals surface area contributed by atoms with Gasteiger partial charge < -0.3 is 14.5 Å². The van der Waals surface area contributed by atoms with Crippen molar-refractivity contribution in [2.75, 3.05) is 5.32 Å². The van der Waals surface area contributed by atoms with E-state index in [2.05, 4.69) is 15.4 Å². The second kappa shape index (κ2) is 10.4. The number of anilines is 1. The van der Waals surface area contributed by atoms with Crippen molar-refractivity contribution >= 4 is 28.7 Å². The molecule has 14 heteroatoms. The van der Waals surface area contributed by atoms with Gasteiger partial charge in [0, 0.05) is 17.8 Å². The molecule has 0 spiro atoms. The van der Waals surface area contributed by atoms with E-state index in [-0.39, 0.29) is 29.9 Å². The first-order valence-corrected chi connectivity index (χ1v) is 11.7. The Labute approximate surface area is 226 Å². The number of nitrogens with one attached hydrogen (secondary N) is 1. The summed E-state index contributed by atoms with van der Waals surface area (Å²) in [6.45, 7) is -0.112. The van der Waals surface area contributed by atoms with E-state index in [1.54, 1.807) is 36.4 Å². The summed E-state index contributed by atoms with van der Waals surface area (Å²) in [4.78, 5) is 30.2. The van der Waals surface area contributed by atoms with Crippen LogP contribution in [0.3, 0.4) is 0 Å². The number of esters is 1. The van der Waals surface area contributed by atoms with E-state index < -0.39 is 52.1 Å². The summed E-state index contributed by atoms with van der Waals surface area (Å²) in [7, 11) is 0. The third-order valence-electron chi connectivity index (χ3n) is 5.78. The Morgan fingerprint density at radius 1 is 0.927 bits per heavy atom. The number of amides is 1. The standard InChI is InChI=1S/C27H16F6N4O4/c28-26(29,30)18-9-7-16-13-19(41-22(16)21(18)27(31,32)33)24(38)36-23-17(8-10-20(35-23)37-12-4-11-34-37)25(39)40-14-15-5-2-1-3-6-15/h1-13H,14H2,(H,35,36,38). The number of carbonyl (C=O) groups excluding carboxylic acids is 2. The quantitative estimate of drug-likeness (QED) is 0.180. The number of aromatic nitrogens is 3. The van der Waals surface area contributed by atoms with Crippen molar-refractivity contribution < 1.29 is 45.1 Å². The molecule has 210 valence electrons. The Morgan fingerprint density at radius 2 is 1.68 bits per heavy atom. The highest BCUT2D eigenvalue weighted by Gasteiger charge is 2.45. The number of rotatable bonds is 6. The molecule has 0 aliphatic carbocycles. The van der Waals surface area contributed by atoms with E-state index in [1.165, 1.54) is 29.2 Å². The van der Waals surface area contributed by atoms with Gasteiger partial charge in [0.05, 0.1) is 5.56 Å². The largest absolute Gasteiger partial charge is 0.457 e. The third kappa shape index (κ3) is 5.76. The number of nitrogens with zero attached hydrogens (tertiary/aromatic N) is 3. The van der Waals surface area contributed by atoms with Crippen molar-refractivity contribution in [3.63, 3.8) is 0 Å². The van der Waals surface area contributed by atoms with Crippen molar-refractivity contribution in [2.24, 2.45) is 0 Å². The lowest BCUT2D eigenvalue weighted by atomic mass is 10.0. The first kappa shape index (κ1) is 27.4. The molecule has 2 aromatic carbocycles. The highest BCUT2D eigenvalue weighted by atomic mass is 19.4. The summed E-state index contributed by atoms with van der Waals surface area (Å²) >= 11 is 0. The summed E-state index contributed by atoms with van der Waals surface area (Å²) in [5.74, 6) is -3.01. The molecule has 0 aliphatic rings. The molecule has 0 saturated heterocycles. The molecule has 3 heterocycles. The molecule has 1 amide bonds. The molecule has 0 radical (unpaired) electrons. The molecule has 0 unspecified atom stereocenters. The van der Waals surface area contributed by atoms with E-state index in [0.717, 1.165) is 12.1 Å². The van der Waals surface area contributed by atoms with Crippen molar-refractivity contribution in [3.8, 4) is 5.82 Å². The minimum atomic E-state index is -5.44. The number of alkyl halides is 6. The topological polar surface area (TPSA) is 99.2 Å². The van der Waals surface area contributed by atoms with E-state index in [4.69, 9.17) is 9.15 Å². The fourth-order valence-corrected chi connectivity index (χ4v) is 3.94. The van der Waals surface area contributed by atoms with Crippen LogP contribution < -0.4 is 5.32 Å². The first-order valence-electron chi connectivity index (χ1n) is 11.7. The molecule has 1 N–H and O–H groups in total. The van der Waals surface area contributed by atoms with Crippen LogP contribution in [-0.4, -0.2) is 26.6 Å². The third-order valence-corrected chi connectivity index (χ3v) is 5.78. The summed E-state index contributed by atoms with van der Waals surface area (Å²) in [6.07, 6.45) is -7.80. The number of halogens is 6. The van der Waals surface area contributed by atoms with E-state index in [9.17, 15) is 35.9 Å². The number of carbonyl (C=O) groups is 2. The van der Waals surface area contributed by atoms with Crippen LogP contribution in [0.2, 0.25) is 0 Å². The van der Waals surface area contributed by atoms with Gasteiger partial charge in [0.25, 0.3) is 5.91 Å². The van der Waals surface area contributed by atoms with Gasteiger partial charge in [0.1, 0.15) is 29.1 Å². The molecule has 0 bridgehead atoms. The number of fused-ring (bicyclic) bond motifs is 1. The minimum Gasteiger partial charge on any atom is -0.457 e. The lowest BCUT2D eigenvalue weighted by Gasteiger charge is -2.15. The number of hydrogen-bond acceptors (Lipinski definition) is 6. The second-order valence-electron chi connectivity index (χ2n) is 8.54. The van der Waals surface area contributed by atoms with Crippen LogP contribution in [0.5, 0.6) is 0 Å². The van der Waals surface area contributed by atoms with Gasteiger partial charge >= 0.3 is 18.3 Å². The van der Waals surface area contributed by atoms with Crippen LogP contribution in [0.25, 0.3) is 16.8 Å². The van der Waals surface area contributed by atoms with Crippen molar-refractivity contribution in [3.05, 3.63) is 107 Å². The van der Waals surface area contributed by atoms with Gasteiger partial charge in [-0.2, -0.15) is 31.4 Å². The summed E-state index contributed by atoms with van der Waals surface area (Å²) in [5.41, 5.74) is -4.73. The van der Waals surface area contributed by atoms with Crippen LogP contribution in [0.1, 0.15) is 37.6 Å². The van der Waals surface area contributed by atoms with Crippen LogP contribution in [-0.2, 0) is 23.7 Å². The number of furan rings is 1. The van der Waals surface area contributed by atoms with E-state index in [0.29, 0.717) is 5.56 Å². The van der Waals surface area contributed by atoms with Crippen LogP contribution in [0.4, 0.5) is 32.2 Å². The highest BCUT2D eigenvalue weighted by molar-refractivity contribution is 6.07. The lowest BCUT2D eigenvalue weighted by Crippen LogP contribution is -2.18. The fraction of sp³-hybridized carbons (Fsp3) is 0.111. The molecular weight excluding hydrogens is 558 g/mol. The lowest BCUT2D eigenvalue weighted by molar-refractivity contribution is -0.161. The Hall–Kier alpha value is -5.14. The number of hydrogen-bond donors (Lipinski definition) is 1. The van der Waals surface area contributed by atoms with E-state index >= 15 is 0 Å². The normalized spacial score (nSPS) is 12.0. The summed E-state index contributed by atoms with van der Waals surface area (Å²) in [5, 5.41) is 5.90. The maximum absolute atomic E-state index is 13.7. The van der Waals surface area contributed by atoms with Crippen molar-refractivity contribution in [1.29, 1.82) is 0 Å². The number of pyridine rings is 1. The predicted octanol–water partition coefficient (Wildman–Crippen LogP) is 6.66. The summed E-state index contributed by atoms with van der Waals surface area (Å²) in [6, 6.07) is 14.9. The smallest absolute Gasteiger partial charge is 0.420 e. The van der Waals surface area contributed by atoms with Crippen molar-refractivity contribution in [1.82, 2.24) is 14.8 Å². The molecular formula is C27H16F6N4O4. The number of ether oxygens (including phenoxy) is 1. The Morgan fingerprint density at radius 3 is 2.34 bits per heavy atom. The SMILES string of the molecule is O=C(Nc1nc(-n2cccn2)ccc1C(=O)OCc1ccccc1)c1cc2ccc(C(F)(F)F)c(C(F)(F)F)c2o1. The van der Waals surface area contributed by atoms with Gasteiger partial charge in [-0.15, -0.1) is 0 Å².